The molecular formula is C24H26F3N3O4S. The summed E-state index contributed by atoms with van der Waals surface area (Å²) >= 11 is 1.37. The van der Waals surface area contributed by atoms with Crippen LogP contribution in [0.5, 0.6) is 0 Å². The molecule has 1 aliphatic carbocycles. The second kappa shape index (κ2) is 9.88. The van der Waals surface area contributed by atoms with Crippen molar-refractivity contribution in [2.24, 2.45) is 5.92 Å². The van der Waals surface area contributed by atoms with E-state index in [1.165, 1.54) is 35.1 Å². The SMILES string of the molecule is CCCOC(=O)c1c(NC(=O)c2ccc(Cn3nc(C(F)(F)F)cc3C)o2)sc2c1CC[C@H](C)C2. The van der Waals surface area contributed by atoms with Crippen LogP contribution in [0.15, 0.2) is 22.6 Å². The molecule has 0 unspecified atom stereocenters. The van der Waals surface area contributed by atoms with Crippen LogP contribution in [0.3, 0.4) is 0 Å². The van der Waals surface area contributed by atoms with E-state index >= 15 is 0 Å². The fourth-order valence-electron chi connectivity index (χ4n) is 4.03. The first-order valence-corrected chi connectivity index (χ1v) is 12.2. The fraction of sp³-hybridized carbons (Fsp3) is 0.458. The molecular weight excluding hydrogens is 483 g/mol. The molecule has 11 heteroatoms. The highest BCUT2D eigenvalue weighted by Gasteiger charge is 2.34. The minimum Gasteiger partial charge on any atom is -0.462 e. The molecule has 1 N–H and O–H groups in total. The van der Waals surface area contributed by atoms with Crippen molar-refractivity contribution in [1.82, 2.24) is 9.78 Å². The van der Waals surface area contributed by atoms with Crippen LogP contribution >= 0.6 is 11.3 Å². The first-order chi connectivity index (χ1) is 16.6. The average molecular weight is 510 g/mol. The summed E-state index contributed by atoms with van der Waals surface area (Å²) in [6.07, 6.45) is -1.33. The van der Waals surface area contributed by atoms with Gasteiger partial charge in [0.15, 0.2) is 11.5 Å². The van der Waals surface area contributed by atoms with Gasteiger partial charge in [-0.2, -0.15) is 18.3 Å². The third-order valence-corrected chi connectivity index (χ3v) is 7.01. The van der Waals surface area contributed by atoms with Crippen molar-refractivity contribution < 1.29 is 31.9 Å². The lowest BCUT2D eigenvalue weighted by Gasteiger charge is -2.18. The Hall–Kier alpha value is -3.08. The highest BCUT2D eigenvalue weighted by molar-refractivity contribution is 7.17. The molecule has 188 valence electrons. The van der Waals surface area contributed by atoms with Gasteiger partial charge >= 0.3 is 12.1 Å². The fourth-order valence-corrected chi connectivity index (χ4v) is 5.42. The number of anilines is 1. The molecule has 0 bridgehead atoms. The first kappa shape index (κ1) is 25.0. The number of ether oxygens (including phenoxy) is 1. The summed E-state index contributed by atoms with van der Waals surface area (Å²) in [4.78, 5) is 26.8. The molecule has 3 aromatic heterocycles. The zero-order chi connectivity index (χ0) is 25.3. The van der Waals surface area contributed by atoms with Crippen LogP contribution in [0.2, 0.25) is 0 Å². The minimum atomic E-state index is -4.54. The standard InChI is InChI=1S/C24H26F3N3O4S/c1-4-9-33-23(32)20-16-7-5-13(2)10-18(16)35-22(20)28-21(31)17-8-6-15(34-17)12-30-14(3)11-19(29-30)24(25,26)27/h6,8,11,13H,4-5,7,9-10,12H2,1-3H3,(H,28,31)/t13-/m0/s1. The Morgan fingerprint density at radius 3 is 2.80 bits per heavy atom. The molecule has 1 atom stereocenters. The zero-order valence-corrected chi connectivity index (χ0v) is 20.4. The molecule has 0 saturated heterocycles. The quantitative estimate of drug-likeness (QED) is 0.404. The van der Waals surface area contributed by atoms with Gasteiger partial charge in [0, 0.05) is 10.6 Å². The van der Waals surface area contributed by atoms with Crippen molar-refractivity contribution in [2.75, 3.05) is 11.9 Å². The molecule has 0 aromatic carbocycles. The van der Waals surface area contributed by atoms with Crippen LogP contribution in [-0.2, 0) is 30.3 Å². The summed E-state index contributed by atoms with van der Waals surface area (Å²) < 4.78 is 50.9. The maximum atomic E-state index is 12.9. The molecule has 1 aliphatic rings. The van der Waals surface area contributed by atoms with Crippen LogP contribution in [0.1, 0.15) is 75.2 Å². The number of halogens is 3. The van der Waals surface area contributed by atoms with Crippen LogP contribution in [-0.4, -0.2) is 28.3 Å². The van der Waals surface area contributed by atoms with Gasteiger partial charge in [0.1, 0.15) is 10.8 Å². The molecule has 3 aromatic rings. The number of hydrogen-bond acceptors (Lipinski definition) is 6. The second-order valence-electron chi connectivity index (χ2n) is 8.74. The summed E-state index contributed by atoms with van der Waals surface area (Å²) in [6, 6.07) is 3.91. The Bertz CT molecular complexity index is 1240. The number of fused-ring (bicyclic) bond motifs is 1. The summed E-state index contributed by atoms with van der Waals surface area (Å²) in [5, 5.41) is 6.78. The van der Waals surface area contributed by atoms with Crippen molar-refractivity contribution in [2.45, 2.75) is 59.2 Å². The highest BCUT2D eigenvalue weighted by atomic mass is 32.1. The lowest BCUT2D eigenvalue weighted by molar-refractivity contribution is -0.141. The monoisotopic (exact) mass is 509 g/mol. The van der Waals surface area contributed by atoms with Crippen molar-refractivity contribution in [1.29, 1.82) is 0 Å². The topological polar surface area (TPSA) is 86.4 Å². The zero-order valence-electron chi connectivity index (χ0n) is 19.6. The number of amides is 1. The Labute approximate surface area is 204 Å². The molecule has 0 aliphatic heterocycles. The average Bonchev–Trinajstić information content (AvgIpc) is 3.49. The van der Waals surface area contributed by atoms with Gasteiger partial charge in [0.25, 0.3) is 5.91 Å². The van der Waals surface area contributed by atoms with E-state index in [4.69, 9.17) is 9.15 Å². The van der Waals surface area contributed by atoms with E-state index in [1.54, 1.807) is 0 Å². The van der Waals surface area contributed by atoms with E-state index < -0.39 is 23.7 Å². The molecule has 4 rings (SSSR count). The predicted octanol–water partition coefficient (Wildman–Crippen LogP) is 5.86. The minimum absolute atomic E-state index is 0.0199. The van der Waals surface area contributed by atoms with Gasteiger partial charge in [-0.15, -0.1) is 11.3 Å². The van der Waals surface area contributed by atoms with Gasteiger partial charge in [-0.05, 0) is 62.3 Å². The van der Waals surface area contributed by atoms with Gasteiger partial charge in [-0.1, -0.05) is 13.8 Å². The summed E-state index contributed by atoms with van der Waals surface area (Å²) in [5.41, 5.74) is 0.655. The number of thiophene rings is 1. The molecule has 3 heterocycles. The predicted molar refractivity (Wildman–Crippen MR) is 124 cm³/mol. The number of esters is 1. The Balaban J connectivity index is 1.53. The van der Waals surface area contributed by atoms with Crippen molar-refractivity contribution in [3.8, 4) is 0 Å². The number of nitrogens with zero attached hydrogens (tertiary/aromatic N) is 2. The molecule has 0 spiro atoms. The largest absolute Gasteiger partial charge is 0.462 e. The lowest BCUT2D eigenvalue weighted by Crippen LogP contribution is -2.16. The van der Waals surface area contributed by atoms with Gasteiger partial charge in [-0.25, -0.2) is 4.79 Å². The van der Waals surface area contributed by atoms with Crippen LogP contribution in [0.25, 0.3) is 0 Å². The summed E-state index contributed by atoms with van der Waals surface area (Å²) in [5.74, 6) is -0.268. The van der Waals surface area contributed by atoms with Crippen molar-refractivity contribution in [3.63, 3.8) is 0 Å². The highest BCUT2D eigenvalue weighted by Crippen LogP contribution is 2.40. The Morgan fingerprint density at radius 2 is 2.11 bits per heavy atom. The van der Waals surface area contributed by atoms with E-state index in [-0.39, 0.29) is 24.7 Å². The van der Waals surface area contributed by atoms with Gasteiger partial charge in [-0.3, -0.25) is 9.48 Å². The molecule has 0 radical (unpaired) electrons. The molecule has 0 saturated carbocycles. The maximum Gasteiger partial charge on any atom is 0.435 e. The first-order valence-electron chi connectivity index (χ1n) is 11.4. The number of nitrogens with one attached hydrogen (secondary N) is 1. The van der Waals surface area contributed by atoms with Gasteiger partial charge in [0.05, 0.1) is 18.7 Å². The number of aryl methyl sites for hydroxylation is 1. The van der Waals surface area contributed by atoms with Crippen LogP contribution < -0.4 is 5.32 Å². The van der Waals surface area contributed by atoms with Crippen LogP contribution in [0.4, 0.5) is 18.2 Å². The van der Waals surface area contributed by atoms with Crippen molar-refractivity contribution >= 4 is 28.2 Å². The Morgan fingerprint density at radius 1 is 1.34 bits per heavy atom. The number of carbonyl (C=O) groups excluding carboxylic acids is 2. The van der Waals surface area contributed by atoms with Crippen LogP contribution in [0, 0.1) is 12.8 Å². The smallest absolute Gasteiger partial charge is 0.435 e. The van der Waals surface area contributed by atoms with E-state index in [0.29, 0.717) is 28.6 Å². The molecule has 0 fully saturated rings. The molecule has 1 amide bonds. The molecule has 7 nitrogen and oxygen atoms in total. The normalized spacial score (nSPS) is 15.7. The molecule has 35 heavy (non-hydrogen) atoms. The maximum absolute atomic E-state index is 12.9. The summed E-state index contributed by atoms with van der Waals surface area (Å²) in [7, 11) is 0. The van der Waals surface area contributed by atoms with E-state index in [2.05, 4.69) is 17.3 Å². The number of aromatic nitrogens is 2. The van der Waals surface area contributed by atoms with E-state index in [9.17, 15) is 22.8 Å². The summed E-state index contributed by atoms with van der Waals surface area (Å²) in [6.45, 7) is 5.80. The lowest BCUT2D eigenvalue weighted by atomic mass is 9.88. The second-order valence-corrected chi connectivity index (χ2v) is 9.84. The van der Waals surface area contributed by atoms with Gasteiger partial charge < -0.3 is 14.5 Å². The Kier molecular flexibility index (Phi) is 7.07. The van der Waals surface area contributed by atoms with E-state index in [1.807, 2.05) is 6.92 Å². The number of furan rings is 1. The number of alkyl halides is 3. The van der Waals surface area contributed by atoms with Crippen molar-refractivity contribution in [3.05, 3.63) is 57.1 Å². The van der Waals surface area contributed by atoms with Gasteiger partial charge in [0.2, 0.25) is 0 Å². The third kappa shape index (κ3) is 5.44. The third-order valence-electron chi connectivity index (χ3n) is 5.84. The number of rotatable bonds is 7. The number of carbonyl (C=O) groups is 2. The number of hydrogen-bond donors (Lipinski definition) is 1. The van der Waals surface area contributed by atoms with E-state index in [0.717, 1.165) is 35.8 Å².